The second-order valence-corrected chi connectivity index (χ2v) is 5.07. The first kappa shape index (κ1) is 15.2. The largest absolute Gasteiger partial charge is 0.364 e. The van der Waals surface area contributed by atoms with Gasteiger partial charge in [0.25, 0.3) is 5.91 Å². The monoisotopic (exact) mass is 300 g/mol. The second kappa shape index (κ2) is 6.08. The summed E-state index contributed by atoms with van der Waals surface area (Å²) in [5, 5.41) is 0. The van der Waals surface area contributed by atoms with Gasteiger partial charge in [-0.15, -0.1) is 12.4 Å². The van der Waals surface area contributed by atoms with E-state index in [0.29, 0.717) is 25.2 Å². The first-order chi connectivity index (χ1) is 9.19. The molecule has 1 amide bonds. The van der Waals surface area contributed by atoms with Crippen LogP contribution in [0.3, 0.4) is 0 Å². The highest BCUT2D eigenvalue weighted by Gasteiger charge is 2.35. The van der Waals surface area contributed by atoms with E-state index in [1.54, 1.807) is 11.0 Å². The van der Waals surface area contributed by atoms with Gasteiger partial charge >= 0.3 is 0 Å². The maximum Gasteiger partial charge on any atom is 0.256 e. The summed E-state index contributed by atoms with van der Waals surface area (Å²) < 4.78 is 18.9. The van der Waals surface area contributed by atoms with E-state index in [0.717, 1.165) is 18.4 Å². The minimum absolute atomic E-state index is 0. The fraction of sp³-hybridized carbons (Fsp3) is 0.500. The number of nitrogens with two attached hydrogens (primary N) is 1. The molecule has 4 nitrogen and oxygen atoms in total. The summed E-state index contributed by atoms with van der Waals surface area (Å²) in [4.78, 5) is 14.1. The van der Waals surface area contributed by atoms with Crippen LogP contribution in [-0.2, 0) is 16.0 Å². The van der Waals surface area contributed by atoms with Gasteiger partial charge in [0, 0.05) is 18.8 Å². The van der Waals surface area contributed by atoms with Crippen LogP contribution in [0.1, 0.15) is 18.4 Å². The van der Waals surface area contributed by atoms with E-state index in [-0.39, 0.29) is 30.2 Å². The van der Waals surface area contributed by atoms with Gasteiger partial charge in [0.15, 0.2) is 0 Å². The topological polar surface area (TPSA) is 55.6 Å². The number of nitrogens with zero attached hydrogens (tertiary/aromatic N) is 1. The van der Waals surface area contributed by atoms with E-state index in [4.69, 9.17) is 10.5 Å². The van der Waals surface area contributed by atoms with Crippen molar-refractivity contribution in [2.24, 2.45) is 5.73 Å². The molecule has 2 atom stereocenters. The van der Waals surface area contributed by atoms with Gasteiger partial charge in [-0.25, -0.2) is 4.39 Å². The fourth-order valence-electron chi connectivity index (χ4n) is 2.82. The van der Waals surface area contributed by atoms with Crippen LogP contribution in [0.2, 0.25) is 0 Å². The number of amides is 1. The average Bonchev–Trinajstić information content (AvgIpc) is 3.04. The summed E-state index contributed by atoms with van der Waals surface area (Å²) in [6.45, 7) is 1.04. The summed E-state index contributed by atoms with van der Waals surface area (Å²) in [6, 6.07) is 4.61. The Bertz CT molecular complexity index is 512. The van der Waals surface area contributed by atoms with Crippen LogP contribution in [0, 0.1) is 5.82 Å². The number of rotatable bonds is 2. The number of carbonyl (C=O) groups excluding carboxylic acids is 1. The molecule has 1 aromatic rings. The zero-order chi connectivity index (χ0) is 13.4. The molecular formula is C14H18ClFN2O2. The third-order valence-corrected chi connectivity index (χ3v) is 3.85. The Morgan fingerprint density at radius 2 is 2.25 bits per heavy atom. The van der Waals surface area contributed by atoms with Crippen molar-refractivity contribution in [1.29, 1.82) is 0 Å². The van der Waals surface area contributed by atoms with E-state index in [2.05, 4.69) is 0 Å². The zero-order valence-corrected chi connectivity index (χ0v) is 11.9. The summed E-state index contributed by atoms with van der Waals surface area (Å²) in [5.41, 5.74) is 7.25. The van der Waals surface area contributed by atoms with Crippen LogP contribution < -0.4 is 10.6 Å². The van der Waals surface area contributed by atoms with Crippen LogP contribution in [0.4, 0.5) is 10.1 Å². The van der Waals surface area contributed by atoms with Gasteiger partial charge in [-0.3, -0.25) is 4.79 Å². The van der Waals surface area contributed by atoms with Crippen molar-refractivity contribution in [3.05, 3.63) is 29.6 Å². The Hall–Kier alpha value is -1.17. The van der Waals surface area contributed by atoms with Crippen molar-refractivity contribution in [1.82, 2.24) is 0 Å². The maximum absolute atomic E-state index is 13.3. The normalized spacial score (nSPS) is 24.4. The molecule has 0 radical (unpaired) electrons. The van der Waals surface area contributed by atoms with Crippen molar-refractivity contribution in [2.45, 2.75) is 31.5 Å². The molecule has 6 heteroatoms. The lowest BCUT2D eigenvalue weighted by molar-refractivity contribution is -0.129. The predicted octanol–water partition coefficient (Wildman–Crippen LogP) is 1.64. The van der Waals surface area contributed by atoms with Gasteiger partial charge in [-0.05, 0) is 37.0 Å². The number of ether oxygens (including phenoxy) is 1. The molecule has 0 saturated carbocycles. The quantitative estimate of drug-likeness (QED) is 0.903. The molecular weight excluding hydrogens is 283 g/mol. The summed E-state index contributed by atoms with van der Waals surface area (Å²) in [5.74, 6) is -0.383. The molecule has 20 heavy (non-hydrogen) atoms. The minimum atomic E-state index is -0.428. The Morgan fingerprint density at radius 1 is 1.45 bits per heavy atom. The third-order valence-electron chi connectivity index (χ3n) is 3.85. The lowest BCUT2D eigenvalue weighted by atomic mass is 10.1. The average molecular weight is 301 g/mol. The third kappa shape index (κ3) is 2.66. The zero-order valence-electron chi connectivity index (χ0n) is 11.0. The number of fused-ring (bicyclic) bond motifs is 1. The Labute approximate surface area is 123 Å². The molecule has 0 bridgehead atoms. The highest BCUT2D eigenvalue weighted by Crippen LogP contribution is 2.31. The van der Waals surface area contributed by atoms with Crippen LogP contribution in [-0.4, -0.2) is 31.2 Å². The van der Waals surface area contributed by atoms with Crippen molar-refractivity contribution in [2.75, 3.05) is 18.0 Å². The van der Waals surface area contributed by atoms with Crippen molar-refractivity contribution in [3.8, 4) is 0 Å². The number of hydrogen-bond acceptors (Lipinski definition) is 3. The Morgan fingerprint density at radius 3 is 2.95 bits per heavy atom. The molecule has 0 unspecified atom stereocenters. The molecule has 2 heterocycles. The molecule has 3 rings (SSSR count). The summed E-state index contributed by atoms with van der Waals surface area (Å²) >= 11 is 0. The lowest BCUT2D eigenvalue weighted by Gasteiger charge is -2.21. The van der Waals surface area contributed by atoms with Gasteiger partial charge in [0.05, 0.1) is 6.10 Å². The summed E-state index contributed by atoms with van der Waals surface area (Å²) in [6.07, 6.45) is 1.83. The summed E-state index contributed by atoms with van der Waals surface area (Å²) in [7, 11) is 0. The maximum atomic E-state index is 13.3. The van der Waals surface area contributed by atoms with Gasteiger partial charge in [-0.1, -0.05) is 6.07 Å². The van der Waals surface area contributed by atoms with Gasteiger partial charge in [-0.2, -0.15) is 0 Å². The highest BCUT2D eigenvalue weighted by molar-refractivity contribution is 5.98. The van der Waals surface area contributed by atoms with E-state index in [9.17, 15) is 9.18 Å². The van der Waals surface area contributed by atoms with Crippen LogP contribution in [0.5, 0.6) is 0 Å². The molecule has 0 aromatic heterocycles. The molecule has 2 N–H and O–H groups in total. The second-order valence-electron chi connectivity index (χ2n) is 5.07. The van der Waals surface area contributed by atoms with Crippen molar-refractivity contribution < 1.29 is 13.9 Å². The molecule has 1 aromatic carbocycles. The van der Waals surface area contributed by atoms with Gasteiger partial charge < -0.3 is 15.4 Å². The molecule has 1 saturated heterocycles. The smallest absolute Gasteiger partial charge is 0.256 e. The van der Waals surface area contributed by atoms with E-state index in [1.165, 1.54) is 12.1 Å². The lowest BCUT2D eigenvalue weighted by Crippen LogP contribution is -2.38. The highest BCUT2D eigenvalue weighted by atomic mass is 35.5. The van der Waals surface area contributed by atoms with Crippen LogP contribution >= 0.6 is 12.4 Å². The van der Waals surface area contributed by atoms with Crippen molar-refractivity contribution in [3.63, 3.8) is 0 Å². The van der Waals surface area contributed by atoms with Gasteiger partial charge in [0.2, 0.25) is 0 Å². The van der Waals surface area contributed by atoms with Crippen LogP contribution in [0.15, 0.2) is 18.2 Å². The first-order valence-electron chi connectivity index (χ1n) is 6.64. The minimum Gasteiger partial charge on any atom is -0.364 e. The Balaban J connectivity index is 0.00000147. The van der Waals surface area contributed by atoms with Crippen LogP contribution in [0.25, 0.3) is 0 Å². The number of halogens is 2. The predicted molar refractivity (Wildman–Crippen MR) is 76.7 cm³/mol. The van der Waals surface area contributed by atoms with Gasteiger partial charge in [0.1, 0.15) is 11.9 Å². The molecule has 110 valence electrons. The van der Waals surface area contributed by atoms with E-state index < -0.39 is 6.10 Å². The van der Waals surface area contributed by atoms with E-state index >= 15 is 0 Å². The molecule has 0 aliphatic carbocycles. The molecule has 1 fully saturated rings. The number of carbonyl (C=O) groups is 1. The van der Waals surface area contributed by atoms with E-state index in [1.807, 2.05) is 0 Å². The number of anilines is 1. The standard InChI is InChI=1S/C14H17FN2O2.ClH/c15-10-2-1-9-5-6-17(12(9)7-10)14(18)13-4-3-11(8-16)19-13;/h1-2,7,11,13H,3-6,8,16H2;1H/t11-,13+;/m1./s1. The molecule has 0 spiro atoms. The SMILES string of the molecule is Cl.NC[C@H]1CC[C@@H](C(=O)N2CCc3ccc(F)cc32)O1. The molecule has 2 aliphatic rings. The number of benzene rings is 1. The fourth-order valence-corrected chi connectivity index (χ4v) is 2.82. The first-order valence-corrected chi connectivity index (χ1v) is 6.64. The Kier molecular flexibility index (Phi) is 4.62. The number of hydrogen-bond donors (Lipinski definition) is 1. The molecule has 2 aliphatic heterocycles. The van der Waals surface area contributed by atoms with Crippen molar-refractivity contribution >= 4 is 24.0 Å².